The molecule has 18 heavy (non-hydrogen) atoms. The summed E-state index contributed by atoms with van der Waals surface area (Å²) in [6, 6.07) is 5.92. The van der Waals surface area contributed by atoms with Crippen molar-refractivity contribution in [2.45, 2.75) is 19.4 Å². The largest absolute Gasteiger partial charge is 0.481 e. The summed E-state index contributed by atoms with van der Waals surface area (Å²) in [5, 5.41) is 3.37. The normalized spacial score (nSPS) is 10.1. The number of rotatable bonds is 8. The lowest BCUT2D eigenvalue weighted by molar-refractivity contribution is 0.364. The lowest BCUT2D eigenvalue weighted by atomic mass is 10.2. The fourth-order valence-electron chi connectivity index (χ4n) is 1.56. The van der Waals surface area contributed by atoms with Gasteiger partial charge in [0.15, 0.2) is 0 Å². The maximum absolute atomic E-state index is 5.50. The van der Waals surface area contributed by atoms with Crippen molar-refractivity contribution in [2.75, 3.05) is 19.7 Å². The Kier molecular flexibility index (Phi) is 7.51. The molecule has 1 rings (SSSR count). The zero-order valence-electron chi connectivity index (χ0n) is 10.4. The standard InChI is InChI=1S/C14H19BrN2O/c1-2-9-18-14-6-5-13(15)10-12(14)11-17-8-4-3-7-16/h1,5-6,10,17H,3-4,7-9,11,16H2. The van der Waals surface area contributed by atoms with Crippen LogP contribution in [0.25, 0.3) is 0 Å². The highest BCUT2D eigenvalue weighted by molar-refractivity contribution is 9.10. The van der Waals surface area contributed by atoms with Crippen LogP contribution in [0.1, 0.15) is 18.4 Å². The van der Waals surface area contributed by atoms with Crippen molar-refractivity contribution in [1.29, 1.82) is 0 Å². The maximum atomic E-state index is 5.50. The Balaban J connectivity index is 2.51. The zero-order chi connectivity index (χ0) is 13.2. The van der Waals surface area contributed by atoms with Gasteiger partial charge in [0.2, 0.25) is 0 Å². The number of benzene rings is 1. The molecule has 98 valence electrons. The lowest BCUT2D eigenvalue weighted by Gasteiger charge is -2.11. The molecule has 0 aromatic heterocycles. The van der Waals surface area contributed by atoms with Crippen molar-refractivity contribution >= 4 is 15.9 Å². The van der Waals surface area contributed by atoms with Crippen LogP contribution >= 0.6 is 15.9 Å². The van der Waals surface area contributed by atoms with Crippen LogP contribution in [-0.4, -0.2) is 19.7 Å². The van der Waals surface area contributed by atoms with Crippen LogP contribution in [0.5, 0.6) is 5.75 Å². The van der Waals surface area contributed by atoms with Crippen LogP contribution in [0.3, 0.4) is 0 Å². The highest BCUT2D eigenvalue weighted by atomic mass is 79.9. The minimum Gasteiger partial charge on any atom is -0.481 e. The van der Waals surface area contributed by atoms with E-state index in [-0.39, 0.29) is 0 Å². The summed E-state index contributed by atoms with van der Waals surface area (Å²) in [7, 11) is 0. The summed E-state index contributed by atoms with van der Waals surface area (Å²) >= 11 is 3.46. The van der Waals surface area contributed by atoms with Gasteiger partial charge in [0.05, 0.1) is 0 Å². The number of terminal acetylenes is 1. The van der Waals surface area contributed by atoms with E-state index in [0.717, 1.165) is 48.3 Å². The van der Waals surface area contributed by atoms with E-state index < -0.39 is 0 Å². The average Bonchev–Trinajstić information content (AvgIpc) is 2.37. The van der Waals surface area contributed by atoms with Crippen molar-refractivity contribution in [3.8, 4) is 18.1 Å². The number of nitrogens with one attached hydrogen (secondary N) is 1. The molecule has 0 saturated carbocycles. The summed E-state index contributed by atoms with van der Waals surface area (Å²) in [4.78, 5) is 0. The molecule has 0 heterocycles. The molecule has 0 aliphatic rings. The first-order valence-corrected chi connectivity index (χ1v) is 6.82. The Morgan fingerprint density at radius 1 is 1.39 bits per heavy atom. The second-order valence-electron chi connectivity index (χ2n) is 3.92. The molecule has 0 bridgehead atoms. The van der Waals surface area contributed by atoms with Crippen molar-refractivity contribution in [2.24, 2.45) is 5.73 Å². The fourth-order valence-corrected chi connectivity index (χ4v) is 1.97. The summed E-state index contributed by atoms with van der Waals surface area (Å²) in [5.74, 6) is 3.31. The predicted molar refractivity (Wildman–Crippen MR) is 78.5 cm³/mol. The van der Waals surface area contributed by atoms with Crippen molar-refractivity contribution < 1.29 is 4.74 Å². The van der Waals surface area contributed by atoms with Crippen LogP contribution in [0.15, 0.2) is 22.7 Å². The van der Waals surface area contributed by atoms with Gasteiger partial charge in [-0.15, -0.1) is 6.42 Å². The predicted octanol–water partition coefficient (Wildman–Crippen LogP) is 2.29. The highest BCUT2D eigenvalue weighted by Gasteiger charge is 2.04. The molecule has 0 atom stereocenters. The van der Waals surface area contributed by atoms with Gasteiger partial charge in [0.1, 0.15) is 12.4 Å². The molecule has 4 heteroatoms. The molecule has 3 nitrogen and oxygen atoms in total. The summed E-state index contributed by atoms with van der Waals surface area (Å²) < 4.78 is 6.54. The number of hydrogen-bond donors (Lipinski definition) is 2. The Bertz CT molecular complexity index is 401. The number of nitrogens with two attached hydrogens (primary N) is 1. The average molecular weight is 311 g/mol. The lowest BCUT2D eigenvalue weighted by Crippen LogP contribution is -2.16. The third kappa shape index (κ3) is 5.54. The van der Waals surface area contributed by atoms with Gasteiger partial charge in [-0.05, 0) is 44.1 Å². The summed E-state index contributed by atoms with van der Waals surface area (Å²) in [6.45, 7) is 2.76. The van der Waals surface area contributed by atoms with E-state index in [1.165, 1.54) is 0 Å². The minimum absolute atomic E-state index is 0.293. The Hall–Kier alpha value is -1.02. The molecule has 0 radical (unpaired) electrons. The molecule has 0 aliphatic heterocycles. The van der Waals surface area contributed by atoms with Gasteiger partial charge in [-0.3, -0.25) is 0 Å². The first-order chi connectivity index (χ1) is 8.77. The highest BCUT2D eigenvalue weighted by Crippen LogP contribution is 2.23. The topological polar surface area (TPSA) is 47.3 Å². The van der Waals surface area contributed by atoms with Gasteiger partial charge in [-0.2, -0.15) is 0 Å². The van der Waals surface area contributed by atoms with Gasteiger partial charge in [0, 0.05) is 16.6 Å². The van der Waals surface area contributed by atoms with E-state index in [2.05, 4.69) is 27.2 Å². The van der Waals surface area contributed by atoms with Gasteiger partial charge in [-0.1, -0.05) is 21.9 Å². The van der Waals surface area contributed by atoms with Crippen LogP contribution in [-0.2, 0) is 6.54 Å². The number of halogens is 1. The first kappa shape index (κ1) is 15.0. The molecule has 1 aromatic rings. The molecular weight excluding hydrogens is 292 g/mol. The van der Waals surface area contributed by atoms with E-state index in [0.29, 0.717) is 6.61 Å². The van der Waals surface area contributed by atoms with Crippen molar-refractivity contribution in [3.05, 3.63) is 28.2 Å². The van der Waals surface area contributed by atoms with E-state index in [1.807, 2.05) is 18.2 Å². The SMILES string of the molecule is C#CCOc1ccc(Br)cc1CNCCCCN. The molecule has 3 N–H and O–H groups in total. The van der Waals surface area contributed by atoms with E-state index in [1.54, 1.807) is 0 Å². The Morgan fingerprint density at radius 2 is 2.22 bits per heavy atom. The smallest absolute Gasteiger partial charge is 0.148 e. The summed E-state index contributed by atoms with van der Waals surface area (Å²) in [6.07, 6.45) is 7.34. The fraction of sp³-hybridized carbons (Fsp3) is 0.429. The second-order valence-corrected chi connectivity index (χ2v) is 4.83. The third-order valence-electron chi connectivity index (χ3n) is 2.46. The molecule has 0 unspecified atom stereocenters. The van der Waals surface area contributed by atoms with Crippen molar-refractivity contribution in [1.82, 2.24) is 5.32 Å². The Labute approximate surface area is 117 Å². The number of unbranched alkanes of at least 4 members (excludes halogenated alkanes) is 1. The quantitative estimate of drug-likeness (QED) is 0.572. The zero-order valence-corrected chi connectivity index (χ0v) is 12.0. The molecule has 0 aliphatic carbocycles. The van der Waals surface area contributed by atoms with Gasteiger partial charge in [-0.25, -0.2) is 0 Å². The van der Waals surface area contributed by atoms with Crippen LogP contribution in [0, 0.1) is 12.3 Å². The van der Waals surface area contributed by atoms with Crippen LogP contribution in [0.4, 0.5) is 0 Å². The van der Waals surface area contributed by atoms with Gasteiger partial charge < -0.3 is 15.8 Å². The second kappa shape index (κ2) is 8.98. The van der Waals surface area contributed by atoms with Crippen LogP contribution in [0.2, 0.25) is 0 Å². The molecule has 0 fully saturated rings. The van der Waals surface area contributed by atoms with Gasteiger partial charge in [0.25, 0.3) is 0 Å². The monoisotopic (exact) mass is 310 g/mol. The van der Waals surface area contributed by atoms with E-state index in [4.69, 9.17) is 16.9 Å². The minimum atomic E-state index is 0.293. The molecule has 0 spiro atoms. The summed E-state index contributed by atoms with van der Waals surface area (Å²) in [5.41, 5.74) is 6.55. The Morgan fingerprint density at radius 3 is 2.94 bits per heavy atom. The molecule has 0 saturated heterocycles. The third-order valence-corrected chi connectivity index (χ3v) is 2.95. The molecule has 1 aromatic carbocycles. The molecule has 0 amide bonds. The van der Waals surface area contributed by atoms with Crippen LogP contribution < -0.4 is 15.8 Å². The van der Waals surface area contributed by atoms with E-state index in [9.17, 15) is 0 Å². The maximum Gasteiger partial charge on any atom is 0.148 e. The van der Waals surface area contributed by atoms with Crippen molar-refractivity contribution in [3.63, 3.8) is 0 Å². The van der Waals surface area contributed by atoms with E-state index >= 15 is 0 Å². The molecular formula is C14H19BrN2O. The number of ether oxygens (including phenoxy) is 1. The first-order valence-electron chi connectivity index (χ1n) is 6.03. The number of hydrogen-bond acceptors (Lipinski definition) is 3. The van der Waals surface area contributed by atoms with Gasteiger partial charge >= 0.3 is 0 Å².